The predicted molar refractivity (Wildman–Crippen MR) is 58.2 cm³/mol. The quantitative estimate of drug-likeness (QED) is 0.329. The molecule has 4 heteroatoms. The molecule has 84 valence electrons. The van der Waals surface area contributed by atoms with E-state index in [-0.39, 0.29) is 12.6 Å². The minimum atomic E-state index is -0.541. The van der Waals surface area contributed by atoms with Crippen molar-refractivity contribution in [2.75, 3.05) is 6.79 Å². The summed E-state index contributed by atoms with van der Waals surface area (Å²) in [6.07, 6.45) is 1.06. The number of hydrogen-bond acceptors (Lipinski definition) is 4. The van der Waals surface area contributed by atoms with Crippen LogP contribution >= 0.6 is 0 Å². The average molecular weight is 220 g/mol. The normalized spacial score (nSPS) is 9.31. The Morgan fingerprint density at radius 3 is 2.44 bits per heavy atom. The molecule has 0 saturated carbocycles. The number of ketones is 1. The summed E-state index contributed by atoms with van der Waals surface area (Å²) >= 11 is 0. The topological polar surface area (TPSA) is 52.6 Å². The number of rotatable bonds is 5. The summed E-state index contributed by atoms with van der Waals surface area (Å²) in [6, 6.07) is 6.57. The molecule has 0 N–H and O–H groups in total. The first-order valence-corrected chi connectivity index (χ1v) is 4.66. The largest absolute Gasteiger partial charge is 0.457 e. The van der Waals surface area contributed by atoms with E-state index < -0.39 is 5.97 Å². The molecule has 4 nitrogen and oxygen atoms in total. The van der Waals surface area contributed by atoms with Crippen molar-refractivity contribution in [1.29, 1.82) is 0 Å². The van der Waals surface area contributed by atoms with Crippen molar-refractivity contribution in [1.82, 2.24) is 0 Å². The molecule has 0 amide bonds. The summed E-state index contributed by atoms with van der Waals surface area (Å²) in [5.41, 5.74) is 0.607. The molecule has 0 aromatic heterocycles. The molecule has 0 spiro atoms. The Morgan fingerprint density at radius 1 is 1.31 bits per heavy atom. The Bertz CT molecular complexity index is 392. The van der Waals surface area contributed by atoms with E-state index >= 15 is 0 Å². The third-order valence-corrected chi connectivity index (χ3v) is 1.85. The van der Waals surface area contributed by atoms with Crippen LogP contribution in [0.1, 0.15) is 17.3 Å². The minimum absolute atomic E-state index is 0.00960. The van der Waals surface area contributed by atoms with Crippen molar-refractivity contribution < 1.29 is 19.1 Å². The lowest BCUT2D eigenvalue weighted by molar-refractivity contribution is -0.144. The van der Waals surface area contributed by atoms with E-state index in [1.54, 1.807) is 24.3 Å². The van der Waals surface area contributed by atoms with E-state index in [2.05, 4.69) is 11.3 Å². The molecule has 0 radical (unpaired) electrons. The van der Waals surface area contributed by atoms with Crippen LogP contribution < -0.4 is 4.74 Å². The first-order valence-electron chi connectivity index (χ1n) is 4.66. The van der Waals surface area contributed by atoms with Gasteiger partial charge in [-0.15, -0.1) is 0 Å². The van der Waals surface area contributed by atoms with Gasteiger partial charge in [-0.05, 0) is 31.2 Å². The van der Waals surface area contributed by atoms with Gasteiger partial charge in [-0.3, -0.25) is 4.79 Å². The van der Waals surface area contributed by atoms with Gasteiger partial charge in [-0.2, -0.15) is 0 Å². The van der Waals surface area contributed by atoms with E-state index in [0.29, 0.717) is 11.3 Å². The zero-order valence-electron chi connectivity index (χ0n) is 8.93. The highest BCUT2D eigenvalue weighted by Gasteiger charge is 2.00. The summed E-state index contributed by atoms with van der Waals surface area (Å²) in [5, 5.41) is 0. The molecule has 1 aromatic rings. The number of Topliss-reactive ketones (excluding diaryl/α,β-unsaturated/α-hetero) is 1. The van der Waals surface area contributed by atoms with Gasteiger partial charge >= 0.3 is 5.97 Å². The zero-order valence-corrected chi connectivity index (χ0v) is 8.93. The average Bonchev–Trinajstić information content (AvgIpc) is 2.29. The molecular formula is C12H12O4. The van der Waals surface area contributed by atoms with Gasteiger partial charge in [0.15, 0.2) is 5.78 Å². The third kappa shape index (κ3) is 3.57. The van der Waals surface area contributed by atoms with Crippen molar-refractivity contribution in [3.63, 3.8) is 0 Å². The Balaban J connectivity index is 2.46. The first kappa shape index (κ1) is 12.0. The van der Waals surface area contributed by atoms with Crippen LogP contribution in [0.4, 0.5) is 0 Å². The number of carbonyl (C=O) groups is 2. The van der Waals surface area contributed by atoms with Crippen LogP contribution in [0.2, 0.25) is 0 Å². The second kappa shape index (κ2) is 5.70. The summed E-state index contributed by atoms with van der Waals surface area (Å²) in [4.78, 5) is 21.7. The molecule has 0 atom stereocenters. The van der Waals surface area contributed by atoms with Crippen LogP contribution in [0, 0.1) is 0 Å². The Kier molecular flexibility index (Phi) is 4.27. The first-order chi connectivity index (χ1) is 7.63. The molecule has 0 fully saturated rings. The monoisotopic (exact) mass is 220 g/mol. The SMILES string of the molecule is C=CC(=O)OCOc1ccc(C(C)=O)cc1. The number of benzene rings is 1. The molecule has 1 aromatic carbocycles. The fourth-order valence-electron chi connectivity index (χ4n) is 1.00. The van der Waals surface area contributed by atoms with Crippen molar-refractivity contribution in [3.05, 3.63) is 42.5 Å². The maximum Gasteiger partial charge on any atom is 0.333 e. The van der Waals surface area contributed by atoms with Crippen molar-refractivity contribution in [2.45, 2.75) is 6.92 Å². The highest BCUT2D eigenvalue weighted by Crippen LogP contribution is 2.12. The number of esters is 1. The van der Waals surface area contributed by atoms with Crippen LogP contribution in [0.5, 0.6) is 5.75 Å². The maximum atomic E-state index is 11.0. The van der Waals surface area contributed by atoms with Crippen LogP contribution in [0.15, 0.2) is 36.9 Å². The zero-order chi connectivity index (χ0) is 12.0. The van der Waals surface area contributed by atoms with Crippen LogP contribution in [0.3, 0.4) is 0 Å². The van der Waals surface area contributed by atoms with Gasteiger partial charge in [0, 0.05) is 11.6 Å². The highest BCUT2D eigenvalue weighted by molar-refractivity contribution is 5.94. The van der Waals surface area contributed by atoms with E-state index in [0.717, 1.165) is 6.08 Å². The lowest BCUT2D eigenvalue weighted by Gasteiger charge is -2.05. The van der Waals surface area contributed by atoms with E-state index in [1.807, 2.05) is 0 Å². The van der Waals surface area contributed by atoms with E-state index in [9.17, 15) is 9.59 Å². The van der Waals surface area contributed by atoms with E-state index in [4.69, 9.17) is 4.74 Å². The molecule has 16 heavy (non-hydrogen) atoms. The standard InChI is InChI=1S/C12H12O4/c1-3-12(14)16-8-15-11-6-4-10(5-7-11)9(2)13/h3-7H,1,8H2,2H3. The molecule has 0 aliphatic heterocycles. The van der Waals surface area contributed by atoms with Gasteiger partial charge in [0.05, 0.1) is 0 Å². The summed E-state index contributed by atoms with van der Waals surface area (Å²) in [5.74, 6) is -0.0214. The Labute approximate surface area is 93.5 Å². The Morgan fingerprint density at radius 2 is 1.94 bits per heavy atom. The molecule has 0 aliphatic rings. The van der Waals surface area contributed by atoms with Crippen molar-refractivity contribution in [2.24, 2.45) is 0 Å². The Hall–Kier alpha value is -2.10. The fraction of sp³-hybridized carbons (Fsp3) is 0.167. The maximum absolute atomic E-state index is 11.0. The van der Waals surface area contributed by atoms with Gasteiger partial charge in [0.25, 0.3) is 0 Å². The van der Waals surface area contributed by atoms with Gasteiger partial charge in [-0.1, -0.05) is 6.58 Å². The number of ether oxygens (including phenoxy) is 2. The second-order valence-corrected chi connectivity index (χ2v) is 3.01. The van der Waals surface area contributed by atoms with Gasteiger partial charge in [-0.25, -0.2) is 4.79 Å². The van der Waals surface area contributed by atoms with Crippen LogP contribution in [0.25, 0.3) is 0 Å². The van der Waals surface area contributed by atoms with Crippen molar-refractivity contribution >= 4 is 11.8 Å². The number of carbonyl (C=O) groups excluding carboxylic acids is 2. The lowest BCUT2D eigenvalue weighted by Crippen LogP contribution is -2.07. The summed E-state index contributed by atoms with van der Waals surface area (Å²) in [6.45, 7) is 4.56. The molecule has 0 saturated heterocycles. The molecule has 1 rings (SSSR count). The van der Waals surface area contributed by atoms with E-state index in [1.165, 1.54) is 6.92 Å². The number of hydrogen-bond donors (Lipinski definition) is 0. The summed E-state index contributed by atoms with van der Waals surface area (Å²) < 4.78 is 9.74. The molecular weight excluding hydrogens is 208 g/mol. The third-order valence-electron chi connectivity index (χ3n) is 1.85. The van der Waals surface area contributed by atoms with Gasteiger partial charge in [0.2, 0.25) is 6.79 Å². The molecule has 0 unspecified atom stereocenters. The van der Waals surface area contributed by atoms with Crippen LogP contribution in [-0.4, -0.2) is 18.5 Å². The minimum Gasteiger partial charge on any atom is -0.457 e. The predicted octanol–water partition coefficient (Wildman–Crippen LogP) is 1.95. The molecule has 0 heterocycles. The highest BCUT2D eigenvalue weighted by atomic mass is 16.7. The fourth-order valence-corrected chi connectivity index (χ4v) is 1.00. The smallest absolute Gasteiger partial charge is 0.333 e. The molecule has 0 bridgehead atoms. The van der Waals surface area contributed by atoms with Crippen LogP contribution in [-0.2, 0) is 9.53 Å². The van der Waals surface area contributed by atoms with Gasteiger partial charge in [0.1, 0.15) is 5.75 Å². The van der Waals surface area contributed by atoms with Crippen molar-refractivity contribution in [3.8, 4) is 5.75 Å². The van der Waals surface area contributed by atoms with Gasteiger partial charge < -0.3 is 9.47 Å². The summed E-state index contributed by atoms with van der Waals surface area (Å²) in [7, 11) is 0. The molecule has 0 aliphatic carbocycles. The lowest BCUT2D eigenvalue weighted by atomic mass is 10.1. The second-order valence-electron chi connectivity index (χ2n) is 3.01.